The van der Waals surface area contributed by atoms with Crippen molar-refractivity contribution in [3.63, 3.8) is 0 Å². The van der Waals surface area contributed by atoms with Gasteiger partial charge in [0.15, 0.2) is 17.3 Å². The largest absolute Gasteiger partial charge is 0.454 e. The molecule has 5 rings (SSSR count). The third-order valence-corrected chi connectivity index (χ3v) is 4.67. The summed E-state index contributed by atoms with van der Waals surface area (Å²) < 4.78 is 29.5. The highest BCUT2D eigenvalue weighted by molar-refractivity contribution is 5.96. The van der Waals surface area contributed by atoms with Crippen LogP contribution in [0.25, 0.3) is 11.5 Å². The molecule has 2 aromatic carbocycles. The number of ether oxygens (including phenoxy) is 2. The van der Waals surface area contributed by atoms with Crippen LogP contribution in [-0.2, 0) is 4.79 Å². The van der Waals surface area contributed by atoms with E-state index in [1.54, 1.807) is 29.2 Å². The van der Waals surface area contributed by atoms with Crippen LogP contribution in [0.2, 0.25) is 0 Å². The number of anilines is 1. The number of carbonyl (C=O) groups is 1. The highest BCUT2D eigenvalue weighted by Gasteiger charge is 2.34. The Labute approximate surface area is 153 Å². The molecule has 8 heteroatoms. The normalized spacial score (nSPS) is 18.3. The standard InChI is InChI=1S/C19H14FN3O4/c20-13-2-1-3-14(8-13)23-9-12(7-17(23)24)18-21-19(27-22-18)11-4-5-15-16(6-11)26-10-25-15/h1-6,8,12H,7,9-10H2. The van der Waals surface area contributed by atoms with Gasteiger partial charge in [0.05, 0.1) is 0 Å². The molecular formula is C19H14FN3O4. The van der Waals surface area contributed by atoms with Gasteiger partial charge in [0.25, 0.3) is 5.89 Å². The molecule has 136 valence electrons. The summed E-state index contributed by atoms with van der Waals surface area (Å²) in [7, 11) is 0. The zero-order valence-corrected chi connectivity index (χ0v) is 14.1. The van der Waals surface area contributed by atoms with Crippen molar-refractivity contribution >= 4 is 11.6 Å². The molecule has 0 radical (unpaired) electrons. The lowest BCUT2D eigenvalue weighted by atomic mass is 10.1. The second-order valence-corrected chi connectivity index (χ2v) is 6.41. The van der Waals surface area contributed by atoms with E-state index in [1.807, 2.05) is 6.07 Å². The minimum Gasteiger partial charge on any atom is -0.454 e. The topological polar surface area (TPSA) is 77.7 Å². The molecule has 0 aliphatic carbocycles. The molecule has 3 aromatic rings. The third kappa shape index (κ3) is 2.79. The zero-order chi connectivity index (χ0) is 18.4. The second-order valence-electron chi connectivity index (χ2n) is 6.41. The summed E-state index contributed by atoms with van der Waals surface area (Å²) in [5, 5.41) is 4.04. The molecule has 0 saturated carbocycles. The van der Waals surface area contributed by atoms with Gasteiger partial charge in [0.2, 0.25) is 12.7 Å². The maximum Gasteiger partial charge on any atom is 0.258 e. The summed E-state index contributed by atoms with van der Waals surface area (Å²) in [5.41, 5.74) is 1.24. The minimum atomic E-state index is -0.381. The van der Waals surface area contributed by atoms with Crippen molar-refractivity contribution in [2.75, 3.05) is 18.2 Å². The summed E-state index contributed by atoms with van der Waals surface area (Å²) in [6.45, 7) is 0.566. The monoisotopic (exact) mass is 367 g/mol. The van der Waals surface area contributed by atoms with Crippen LogP contribution < -0.4 is 14.4 Å². The molecule has 1 atom stereocenters. The lowest BCUT2D eigenvalue weighted by molar-refractivity contribution is -0.117. The van der Waals surface area contributed by atoms with E-state index in [1.165, 1.54) is 12.1 Å². The van der Waals surface area contributed by atoms with Crippen molar-refractivity contribution in [1.29, 1.82) is 0 Å². The van der Waals surface area contributed by atoms with E-state index in [9.17, 15) is 9.18 Å². The Bertz CT molecular complexity index is 1040. The van der Waals surface area contributed by atoms with E-state index in [0.717, 1.165) is 0 Å². The van der Waals surface area contributed by atoms with Crippen LogP contribution in [0.4, 0.5) is 10.1 Å². The smallest absolute Gasteiger partial charge is 0.258 e. The lowest BCUT2D eigenvalue weighted by Crippen LogP contribution is -2.24. The molecule has 0 spiro atoms. The summed E-state index contributed by atoms with van der Waals surface area (Å²) in [4.78, 5) is 18.3. The predicted molar refractivity (Wildman–Crippen MR) is 92.0 cm³/mol. The molecule has 2 aliphatic heterocycles. The Morgan fingerprint density at radius 2 is 2.00 bits per heavy atom. The molecule has 1 unspecified atom stereocenters. The fraction of sp³-hybridized carbons (Fsp3) is 0.211. The predicted octanol–water partition coefficient (Wildman–Crippen LogP) is 3.12. The number of rotatable bonds is 3. The molecule has 27 heavy (non-hydrogen) atoms. The van der Waals surface area contributed by atoms with Gasteiger partial charge < -0.3 is 18.9 Å². The van der Waals surface area contributed by atoms with Crippen LogP contribution in [0.15, 0.2) is 47.0 Å². The van der Waals surface area contributed by atoms with Crippen LogP contribution in [0, 0.1) is 5.82 Å². The summed E-state index contributed by atoms with van der Waals surface area (Å²) in [6, 6.07) is 11.3. The number of amides is 1. The molecule has 1 saturated heterocycles. The van der Waals surface area contributed by atoms with Gasteiger partial charge in [-0.3, -0.25) is 4.79 Å². The van der Waals surface area contributed by atoms with Crippen LogP contribution in [0.3, 0.4) is 0 Å². The first-order valence-electron chi connectivity index (χ1n) is 8.47. The van der Waals surface area contributed by atoms with Gasteiger partial charge in [-0.05, 0) is 36.4 Å². The van der Waals surface area contributed by atoms with E-state index in [4.69, 9.17) is 14.0 Å². The van der Waals surface area contributed by atoms with E-state index in [2.05, 4.69) is 10.1 Å². The van der Waals surface area contributed by atoms with Crippen molar-refractivity contribution in [3.05, 3.63) is 54.1 Å². The molecular weight excluding hydrogens is 353 g/mol. The summed E-state index contributed by atoms with van der Waals surface area (Å²) in [5.74, 6) is 1.40. The van der Waals surface area contributed by atoms with Gasteiger partial charge >= 0.3 is 0 Å². The van der Waals surface area contributed by atoms with E-state index in [0.29, 0.717) is 41.0 Å². The molecule has 2 aliphatic rings. The number of hydrogen-bond donors (Lipinski definition) is 0. The first-order valence-corrected chi connectivity index (χ1v) is 8.47. The molecule has 1 amide bonds. The first kappa shape index (κ1) is 15.8. The molecule has 3 heterocycles. The number of halogens is 1. The van der Waals surface area contributed by atoms with Gasteiger partial charge in [-0.2, -0.15) is 4.98 Å². The fourth-order valence-electron chi connectivity index (χ4n) is 3.32. The van der Waals surface area contributed by atoms with Crippen molar-refractivity contribution < 1.29 is 23.2 Å². The van der Waals surface area contributed by atoms with Crippen LogP contribution >= 0.6 is 0 Å². The number of benzene rings is 2. The van der Waals surface area contributed by atoms with Gasteiger partial charge in [-0.15, -0.1) is 0 Å². The SMILES string of the molecule is O=C1CC(c2noc(-c3ccc4c(c3)OCO4)n2)CN1c1cccc(F)c1. The van der Waals surface area contributed by atoms with Gasteiger partial charge in [0.1, 0.15) is 5.82 Å². The zero-order valence-electron chi connectivity index (χ0n) is 14.1. The number of nitrogens with zero attached hydrogens (tertiary/aromatic N) is 3. The fourth-order valence-corrected chi connectivity index (χ4v) is 3.32. The Kier molecular flexibility index (Phi) is 3.56. The van der Waals surface area contributed by atoms with E-state index >= 15 is 0 Å². The lowest BCUT2D eigenvalue weighted by Gasteiger charge is -2.15. The quantitative estimate of drug-likeness (QED) is 0.708. The van der Waals surface area contributed by atoms with Crippen molar-refractivity contribution in [1.82, 2.24) is 10.1 Å². The average molecular weight is 367 g/mol. The summed E-state index contributed by atoms with van der Waals surface area (Å²) in [6.07, 6.45) is 0.247. The number of aromatic nitrogens is 2. The Morgan fingerprint density at radius 1 is 1.11 bits per heavy atom. The van der Waals surface area contributed by atoms with Crippen molar-refractivity contribution in [2.24, 2.45) is 0 Å². The van der Waals surface area contributed by atoms with Crippen LogP contribution in [0.5, 0.6) is 11.5 Å². The Hall–Kier alpha value is -3.42. The van der Waals surface area contributed by atoms with Gasteiger partial charge in [-0.1, -0.05) is 11.2 Å². The Morgan fingerprint density at radius 3 is 2.89 bits per heavy atom. The number of carbonyl (C=O) groups excluding carboxylic acids is 1. The molecule has 0 N–H and O–H groups in total. The van der Waals surface area contributed by atoms with E-state index < -0.39 is 0 Å². The minimum absolute atomic E-state index is 0.0972. The molecule has 7 nitrogen and oxygen atoms in total. The first-order chi connectivity index (χ1) is 13.2. The van der Waals surface area contributed by atoms with Crippen molar-refractivity contribution in [2.45, 2.75) is 12.3 Å². The maximum atomic E-state index is 13.5. The highest BCUT2D eigenvalue weighted by atomic mass is 19.1. The van der Waals surface area contributed by atoms with Crippen molar-refractivity contribution in [3.8, 4) is 23.0 Å². The molecule has 1 aromatic heterocycles. The van der Waals surface area contributed by atoms with Crippen LogP contribution in [-0.4, -0.2) is 29.4 Å². The molecule has 1 fully saturated rings. The maximum absolute atomic E-state index is 13.5. The second kappa shape index (κ2) is 6.08. The number of hydrogen-bond acceptors (Lipinski definition) is 6. The highest BCUT2D eigenvalue weighted by Crippen LogP contribution is 2.36. The van der Waals surface area contributed by atoms with Crippen LogP contribution in [0.1, 0.15) is 18.2 Å². The Balaban J connectivity index is 1.38. The summed E-state index contributed by atoms with van der Waals surface area (Å²) >= 11 is 0. The van der Waals surface area contributed by atoms with Gasteiger partial charge in [0, 0.05) is 30.1 Å². The van der Waals surface area contributed by atoms with E-state index in [-0.39, 0.29) is 30.9 Å². The number of fused-ring (bicyclic) bond motifs is 1. The average Bonchev–Trinajstić information content (AvgIpc) is 3.40. The molecule has 0 bridgehead atoms. The van der Waals surface area contributed by atoms with Gasteiger partial charge in [-0.25, -0.2) is 4.39 Å². The third-order valence-electron chi connectivity index (χ3n) is 4.67.